The lowest BCUT2D eigenvalue weighted by Crippen LogP contribution is -2.07. The maximum absolute atomic E-state index is 12.3. The van der Waals surface area contributed by atoms with Crippen LogP contribution in [0.3, 0.4) is 0 Å². The zero-order valence-corrected chi connectivity index (χ0v) is 8.96. The Morgan fingerprint density at radius 3 is 2.73 bits per heavy atom. The molecule has 15 heavy (non-hydrogen) atoms. The van der Waals surface area contributed by atoms with E-state index in [0.717, 1.165) is 6.07 Å². The standard InChI is InChI=1S/C8H7BrF2N2O2/c9-7-3(12)1-5(8(10)11)13-4(7)2-6(14)15/h1,8H,2H2,(H2,12,13)(H,14,15). The molecule has 4 nitrogen and oxygen atoms in total. The molecule has 0 radical (unpaired) electrons. The fourth-order valence-corrected chi connectivity index (χ4v) is 1.34. The second-order valence-electron chi connectivity index (χ2n) is 2.77. The van der Waals surface area contributed by atoms with Gasteiger partial charge in [-0.15, -0.1) is 0 Å². The van der Waals surface area contributed by atoms with E-state index in [1.54, 1.807) is 0 Å². The molecule has 0 saturated carbocycles. The van der Waals surface area contributed by atoms with Crippen molar-refractivity contribution in [1.82, 2.24) is 4.98 Å². The molecular weight excluding hydrogens is 274 g/mol. The number of carbonyl (C=O) groups is 1. The van der Waals surface area contributed by atoms with Gasteiger partial charge < -0.3 is 10.8 Å². The van der Waals surface area contributed by atoms with Crippen molar-refractivity contribution < 1.29 is 18.7 Å². The van der Waals surface area contributed by atoms with Gasteiger partial charge in [-0.2, -0.15) is 0 Å². The van der Waals surface area contributed by atoms with E-state index in [1.807, 2.05) is 0 Å². The van der Waals surface area contributed by atoms with Gasteiger partial charge >= 0.3 is 5.97 Å². The van der Waals surface area contributed by atoms with E-state index in [-0.39, 0.29) is 15.9 Å². The number of hydrogen-bond donors (Lipinski definition) is 2. The number of alkyl halides is 2. The molecule has 7 heteroatoms. The summed E-state index contributed by atoms with van der Waals surface area (Å²) in [6.07, 6.45) is -3.22. The molecule has 0 bridgehead atoms. The Kier molecular flexibility index (Phi) is 3.57. The van der Waals surface area contributed by atoms with Crippen LogP contribution in [0.4, 0.5) is 14.5 Å². The minimum absolute atomic E-state index is 0.00204. The minimum Gasteiger partial charge on any atom is -0.481 e. The largest absolute Gasteiger partial charge is 0.481 e. The van der Waals surface area contributed by atoms with Crippen molar-refractivity contribution in [3.8, 4) is 0 Å². The Balaban J connectivity index is 3.18. The highest BCUT2D eigenvalue weighted by atomic mass is 79.9. The summed E-state index contributed by atoms with van der Waals surface area (Å²) in [6, 6.07) is 1.01. The van der Waals surface area contributed by atoms with Crippen LogP contribution in [0.1, 0.15) is 17.8 Å². The molecular formula is C8H7BrF2N2O2. The summed E-state index contributed by atoms with van der Waals surface area (Å²) in [5, 5.41) is 8.52. The van der Waals surface area contributed by atoms with E-state index in [4.69, 9.17) is 10.8 Å². The molecule has 0 aliphatic heterocycles. The molecule has 0 aliphatic rings. The van der Waals surface area contributed by atoms with Crippen molar-refractivity contribution in [1.29, 1.82) is 0 Å². The van der Waals surface area contributed by atoms with Crippen LogP contribution in [0.25, 0.3) is 0 Å². The third kappa shape index (κ3) is 2.85. The highest BCUT2D eigenvalue weighted by Gasteiger charge is 2.16. The van der Waals surface area contributed by atoms with E-state index in [1.165, 1.54) is 0 Å². The number of aromatic nitrogens is 1. The average molecular weight is 281 g/mol. The molecule has 0 atom stereocenters. The molecule has 0 amide bonds. The molecule has 1 aromatic rings. The summed E-state index contributed by atoms with van der Waals surface area (Å²) in [5.74, 6) is -1.16. The van der Waals surface area contributed by atoms with E-state index in [9.17, 15) is 13.6 Å². The van der Waals surface area contributed by atoms with Crippen LogP contribution in [0, 0.1) is 0 Å². The monoisotopic (exact) mass is 280 g/mol. The van der Waals surface area contributed by atoms with Gasteiger partial charge in [0.15, 0.2) is 0 Å². The fraction of sp³-hybridized carbons (Fsp3) is 0.250. The summed E-state index contributed by atoms with van der Waals surface area (Å²) < 4.78 is 24.9. The van der Waals surface area contributed by atoms with Gasteiger partial charge in [-0.1, -0.05) is 0 Å². The zero-order valence-electron chi connectivity index (χ0n) is 7.38. The molecule has 0 unspecified atom stereocenters. The van der Waals surface area contributed by atoms with Crippen molar-refractivity contribution in [3.05, 3.63) is 21.9 Å². The first-order chi connectivity index (χ1) is 6.91. The Hall–Kier alpha value is -1.24. The van der Waals surface area contributed by atoms with Crippen LogP contribution in [-0.2, 0) is 11.2 Å². The van der Waals surface area contributed by atoms with Gasteiger partial charge in [-0.05, 0) is 22.0 Å². The number of nitrogen functional groups attached to an aromatic ring is 1. The van der Waals surface area contributed by atoms with Crippen LogP contribution >= 0.6 is 15.9 Å². The maximum atomic E-state index is 12.3. The van der Waals surface area contributed by atoms with E-state index >= 15 is 0 Å². The van der Waals surface area contributed by atoms with Crippen LogP contribution in [0.2, 0.25) is 0 Å². The summed E-state index contributed by atoms with van der Waals surface area (Å²) in [6.45, 7) is 0. The molecule has 1 rings (SSSR count). The lowest BCUT2D eigenvalue weighted by atomic mass is 10.2. The van der Waals surface area contributed by atoms with Crippen molar-refractivity contribution >= 4 is 27.6 Å². The molecule has 1 heterocycles. The summed E-state index contributed by atoms with van der Waals surface area (Å²) >= 11 is 3.00. The van der Waals surface area contributed by atoms with Gasteiger partial charge in [0.05, 0.1) is 16.6 Å². The van der Waals surface area contributed by atoms with Crippen LogP contribution in [0.15, 0.2) is 10.5 Å². The predicted molar refractivity (Wildman–Crippen MR) is 52.6 cm³/mol. The maximum Gasteiger partial charge on any atom is 0.309 e. The number of anilines is 1. The van der Waals surface area contributed by atoms with Gasteiger partial charge in [0.1, 0.15) is 5.69 Å². The van der Waals surface area contributed by atoms with Gasteiger partial charge in [-0.25, -0.2) is 13.8 Å². The van der Waals surface area contributed by atoms with Crippen LogP contribution in [0.5, 0.6) is 0 Å². The molecule has 0 saturated heterocycles. The average Bonchev–Trinajstić information content (AvgIpc) is 2.11. The number of hydrogen-bond acceptors (Lipinski definition) is 3. The number of halogens is 3. The topological polar surface area (TPSA) is 76.2 Å². The van der Waals surface area contributed by atoms with Gasteiger partial charge in [0.2, 0.25) is 0 Å². The highest BCUT2D eigenvalue weighted by molar-refractivity contribution is 9.10. The smallest absolute Gasteiger partial charge is 0.309 e. The lowest BCUT2D eigenvalue weighted by molar-refractivity contribution is -0.136. The summed E-state index contributed by atoms with van der Waals surface area (Å²) in [5.41, 5.74) is 4.95. The van der Waals surface area contributed by atoms with E-state index in [2.05, 4.69) is 20.9 Å². The number of nitrogens with two attached hydrogens (primary N) is 1. The van der Waals surface area contributed by atoms with Crippen LogP contribution in [-0.4, -0.2) is 16.1 Å². The SMILES string of the molecule is Nc1cc(C(F)F)nc(CC(=O)O)c1Br. The van der Waals surface area contributed by atoms with E-state index < -0.39 is 24.5 Å². The third-order valence-electron chi connectivity index (χ3n) is 1.62. The summed E-state index contributed by atoms with van der Waals surface area (Å²) in [7, 11) is 0. The minimum atomic E-state index is -2.77. The van der Waals surface area contributed by atoms with Gasteiger partial charge in [-0.3, -0.25) is 4.79 Å². The first kappa shape index (κ1) is 11.8. The number of aliphatic carboxylic acids is 1. The predicted octanol–water partition coefficient (Wildman–Crippen LogP) is 1.99. The van der Waals surface area contributed by atoms with E-state index in [0.29, 0.717) is 0 Å². The van der Waals surface area contributed by atoms with Gasteiger partial charge in [0.25, 0.3) is 6.43 Å². The number of pyridine rings is 1. The van der Waals surface area contributed by atoms with Crippen molar-refractivity contribution in [2.24, 2.45) is 0 Å². The molecule has 0 spiro atoms. The van der Waals surface area contributed by atoms with Crippen molar-refractivity contribution in [3.63, 3.8) is 0 Å². The number of rotatable bonds is 3. The molecule has 82 valence electrons. The first-order valence-corrected chi connectivity index (χ1v) is 4.66. The second-order valence-corrected chi connectivity index (χ2v) is 3.56. The summed E-state index contributed by atoms with van der Waals surface area (Å²) in [4.78, 5) is 13.9. The third-order valence-corrected chi connectivity index (χ3v) is 2.53. The Morgan fingerprint density at radius 2 is 2.27 bits per heavy atom. The second kappa shape index (κ2) is 4.52. The van der Waals surface area contributed by atoms with Gasteiger partial charge in [0, 0.05) is 5.69 Å². The normalized spacial score (nSPS) is 10.7. The highest BCUT2D eigenvalue weighted by Crippen LogP contribution is 2.27. The fourth-order valence-electron chi connectivity index (χ4n) is 0.999. The van der Waals surface area contributed by atoms with Crippen LogP contribution < -0.4 is 5.73 Å². The van der Waals surface area contributed by atoms with Crippen molar-refractivity contribution in [2.75, 3.05) is 5.73 Å². The zero-order chi connectivity index (χ0) is 11.6. The number of nitrogens with zero attached hydrogens (tertiary/aromatic N) is 1. The Labute approximate surface area is 92.2 Å². The molecule has 0 aliphatic carbocycles. The quantitative estimate of drug-likeness (QED) is 0.888. The first-order valence-electron chi connectivity index (χ1n) is 3.86. The molecule has 0 aromatic carbocycles. The lowest BCUT2D eigenvalue weighted by Gasteiger charge is -2.07. The molecule has 3 N–H and O–H groups in total. The number of carboxylic acid groups (broad SMARTS) is 1. The molecule has 0 fully saturated rings. The van der Waals surface area contributed by atoms with Crippen molar-refractivity contribution in [2.45, 2.75) is 12.8 Å². The Bertz CT molecular complexity index is 398. The number of carboxylic acids is 1. The molecule has 1 aromatic heterocycles. The Morgan fingerprint density at radius 1 is 1.67 bits per heavy atom.